The molecule has 1 heterocycles. The molecule has 1 rings (SSSR count). The quantitative estimate of drug-likeness (QED) is 0.605. The highest BCUT2D eigenvalue weighted by molar-refractivity contribution is 7.80. The van der Waals surface area contributed by atoms with E-state index in [0.717, 1.165) is 17.7 Å². The highest BCUT2D eigenvalue weighted by atomic mass is 32.1. The standard InChI is InChI=1S/C9H16N2S/c1-5-8(3)7(12)9(4,6-2)11-10-8/h5-6H2,1-4H3. The van der Waals surface area contributed by atoms with E-state index in [2.05, 4.69) is 37.9 Å². The third-order valence-electron chi connectivity index (χ3n) is 2.85. The molecule has 1 aliphatic heterocycles. The normalized spacial score (nSPS) is 40.8. The van der Waals surface area contributed by atoms with Crippen molar-refractivity contribution in [1.82, 2.24) is 0 Å². The van der Waals surface area contributed by atoms with Gasteiger partial charge < -0.3 is 0 Å². The minimum absolute atomic E-state index is 0.180. The van der Waals surface area contributed by atoms with E-state index in [1.807, 2.05) is 0 Å². The molecule has 68 valence electrons. The first-order valence-corrected chi connectivity index (χ1v) is 4.88. The van der Waals surface area contributed by atoms with Gasteiger partial charge in [-0.3, -0.25) is 0 Å². The monoisotopic (exact) mass is 184 g/mol. The van der Waals surface area contributed by atoms with Gasteiger partial charge in [0.2, 0.25) is 0 Å². The van der Waals surface area contributed by atoms with Gasteiger partial charge in [-0.1, -0.05) is 26.1 Å². The molecule has 0 aromatic heterocycles. The van der Waals surface area contributed by atoms with Crippen molar-refractivity contribution in [3.8, 4) is 0 Å². The fourth-order valence-corrected chi connectivity index (χ4v) is 1.72. The Kier molecular flexibility index (Phi) is 2.34. The molecule has 0 aromatic carbocycles. The highest BCUT2D eigenvalue weighted by Gasteiger charge is 2.44. The molecule has 1 aliphatic rings. The third kappa shape index (κ3) is 1.20. The minimum Gasteiger partial charge on any atom is -0.181 e. The number of nitrogens with zero attached hydrogens (tertiary/aromatic N) is 2. The molecule has 0 aromatic rings. The maximum atomic E-state index is 5.40. The number of rotatable bonds is 2. The number of azo groups is 1. The molecule has 0 saturated carbocycles. The molecule has 0 amide bonds. The van der Waals surface area contributed by atoms with Crippen LogP contribution in [0.2, 0.25) is 0 Å². The van der Waals surface area contributed by atoms with Crippen molar-refractivity contribution in [1.29, 1.82) is 0 Å². The van der Waals surface area contributed by atoms with E-state index in [0.29, 0.717) is 0 Å². The largest absolute Gasteiger partial charge is 0.181 e. The smallest absolute Gasteiger partial charge is 0.112 e. The lowest BCUT2D eigenvalue weighted by Gasteiger charge is -2.24. The van der Waals surface area contributed by atoms with Crippen LogP contribution < -0.4 is 0 Å². The first kappa shape index (κ1) is 9.78. The molecule has 2 unspecified atom stereocenters. The maximum Gasteiger partial charge on any atom is 0.112 e. The Morgan fingerprint density at radius 1 is 1.08 bits per heavy atom. The fourth-order valence-electron chi connectivity index (χ4n) is 1.35. The summed E-state index contributed by atoms with van der Waals surface area (Å²) in [5.74, 6) is 0. The predicted octanol–water partition coefficient (Wildman–Crippen LogP) is 3.16. The van der Waals surface area contributed by atoms with Gasteiger partial charge >= 0.3 is 0 Å². The molecule has 2 nitrogen and oxygen atoms in total. The topological polar surface area (TPSA) is 24.7 Å². The van der Waals surface area contributed by atoms with Crippen LogP contribution >= 0.6 is 12.2 Å². The van der Waals surface area contributed by atoms with Crippen molar-refractivity contribution in [3.05, 3.63) is 0 Å². The second kappa shape index (κ2) is 2.87. The molecule has 2 atom stereocenters. The molecular weight excluding hydrogens is 168 g/mol. The molecule has 3 heteroatoms. The van der Waals surface area contributed by atoms with E-state index in [9.17, 15) is 0 Å². The SMILES string of the molecule is CCC1(C)N=NC(C)(CC)C1=S. The molecule has 0 spiro atoms. The van der Waals surface area contributed by atoms with Crippen LogP contribution in [0.1, 0.15) is 40.5 Å². The van der Waals surface area contributed by atoms with E-state index < -0.39 is 0 Å². The zero-order chi connectivity index (χ0) is 9.41. The lowest BCUT2D eigenvalue weighted by Crippen LogP contribution is -2.39. The van der Waals surface area contributed by atoms with E-state index in [-0.39, 0.29) is 11.1 Å². The number of thiocarbonyl (C=S) groups is 1. The zero-order valence-electron chi connectivity index (χ0n) is 8.22. The van der Waals surface area contributed by atoms with E-state index in [4.69, 9.17) is 12.2 Å². The zero-order valence-corrected chi connectivity index (χ0v) is 9.03. The van der Waals surface area contributed by atoms with E-state index in [1.54, 1.807) is 0 Å². The second-order valence-corrected chi connectivity index (χ2v) is 4.19. The Morgan fingerprint density at radius 2 is 1.42 bits per heavy atom. The first-order chi connectivity index (χ1) is 5.48. The summed E-state index contributed by atoms with van der Waals surface area (Å²) in [7, 11) is 0. The second-order valence-electron chi connectivity index (χ2n) is 3.78. The summed E-state index contributed by atoms with van der Waals surface area (Å²) in [6, 6.07) is 0. The van der Waals surface area contributed by atoms with Crippen molar-refractivity contribution in [2.45, 2.75) is 51.6 Å². The maximum absolute atomic E-state index is 5.40. The van der Waals surface area contributed by atoms with Gasteiger partial charge in [-0.15, -0.1) is 0 Å². The van der Waals surface area contributed by atoms with E-state index >= 15 is 0 Å². The molecule has 12 heavy (non-hydrogen) atoms. The van der Waals surface area contributed by atoms with Crippen LogP contribution in [-0.2, 0) is 0 Å². The van der Waals surface area contributed by atoms with Crippen LogP contribution in [0.15, 0.2) is 10.2 Å². The van der Waals surface area contributed by atoms with Crippen LogP contribution in [0.25, 0.3) is 0 Å². The average molecular weight is 184 g/mol. The average Bonchev–Trinajstić information content (AvgIpc) is 2.32. The van der Waals surface area contributed by atoms with Gasteiger partial charge in [0.25, 0.3) is 0 Å². The van der Waals surface area contributed by atoms with Crippen molar-refractivity contribution < 1.29 is 0 Å². The van der Waals surface area contributed by atoms with Gasteiger partial charge in [0.1, 0.15) is 11.1 Å². The summed E-state index contributed by atoms with van der Waals surface area (Å²) in [5, 5.41) is 8.55. The van der Waals surface area contributed by atoms with Crippen molar-refractivity contribution in [2.24, 2.45) is 10.2 Å². The van der Waals surface area contributed by atoms with Crippen LogP contribution in [0.5, 0.6) is 0 Å². The van der Waals surface area contributed by atoms with Crippen LogP contribution in [0.3, 0.4) is 0 Å². The van der Waals surface area contributed by atoms with Crippen molar-refractivity contribution in [3.63, 3.8) is 0 Å². The van der Waals surface area contributed by atoms with Crippen LogP contribution in [0.4, 0.5) is 0 Å². The lowest BCUT2D eigenvalue weighted by atomic mass is 9.84. The first-order valence-electron chi connectivity index (χ1n) is 4.47. The van der Waals surface area contributed by atoms with Crippen LogP contribution in [-0.4, -0.2) is 15.9 Å². The lowest BCUT2D eigenvalue weighted by molar-refractivity contribution is 0.596. The number of hydrogen-bond acceptors (Lipinski definition) is 3. The molecule has 0 bridgehead atoms. The summed E-state index contributed by atoms with van der Waals surface area (Å²) < 4.78 is 0. The van der Waals surface area contributed by atoms with Gasteiger partial charge in [-0.05, 0) is 26.7 Å². The van der Waals surface area contributed by atoms with Gasteiger partial charge in [-0.2, -0.15) is 10.2 Å². The number of hydrogen-bond donors (Lipinski definition) is 0. The third-order valence-corrected chi connectivity index (χ3v) is 3.73. The summed E-state index contributed by atoms with van der Waals surface area (Å²) in [4.78, 5) is 1.00. The Bertz CT molecular complexity index is 215. The molecule has 0 aliphatic carbocycles. The van der Waals surface area contributed by atoms with Crippen molar-refractivity contribution in [2.75, 3.05) is 0 Å². The molecule has 0 fully saturated rings. The predicted molar refractivity (Wildman–Crippen MR) is 54.8 cm³/mol. The van der Waals surface area contributed by atoms with Gasteiger partial charge in [0.05, 0.1) is 4.86 Å². The highest BCUT2D eigenvalue weighted by Crippen LogP contribution is 2.36. The summed E-state index contributed by atoms with van der Waals surface area (Å²) >= 11 is 5.40. The Hall–Kier alpha value is -0.310. The minimum atomic E-state index is -0.180. The molecule has 0 radical (unpaired) electrons. The van der Waals surface area contributed by atoms with Gasteiger partial charge in [-0.25, -0.2) is 0 Å². The van der Waals surface area contributed by atoms with E-state index in [1.165, 1.54) is 0 Å². The Labute approximate surface area is 79.5 Å². The molecule has 0 N–H and O–H groups in total. The summed E-state index contributed by atoms with van der Waals surface area (Å²) in [6.07, 6.45) is 1.90. The Morgan fingerprint density at radius 3 is 1.58 bits per heavy atom. The molecular formula is C9H16N2S. The summed E-state index contributed by atoms with van der Waals surface area (Å²) in [5.41, 5.74) is -0.361. The summed E-state index contributed by atoms with van der Waals surface area (Å²) in [6.45, 7) is 8.35. The van der Waals surface area contributed by atoms with Crippen molar-refractivity contribution >= 4 is 17.1 Å². The fraction of sp³-hybridized carbons (Fsp3) is 0.889. The van der Waals surface area contributed by atoms with Gasteiger partial charge in [0, 0.05) is 0 Å². The van der Waals surface area contributed by atoms with Gasteiger partial charge in [0.15, 0.2) is 0 Å². The van der Waals surface area contributed by atoms with Crippen LogP contribution in [0, 0.1) is 0 Å². The molecule has 0 saturated heterocycles. The Balaban J connectivity index is 2.96.